The lowest BCUT2D eigenvalue weighted by Gasteiger charge is -2.15. The molecule has 5 rings (SSSR count). The van der Waals surface area contributed by atoms with E-state index in [2.05, 4.69) is 20.2 Å². The summed E-state index contributed by atoms with van der Waals surface area (Å²) in [6, 6.07) is 7.15. The van der Waals surface area contributed by atoms with Crippen LogP contribution in [0.25, 0.3) is 34.0 Å². The highest BCUT2D eigenvalue weighted by atomic mass is 19.4. The zero-order chi connectivity index (χ0) is 27.9. The molecule has 0 saturated carbocycles. The Morgan fingerprint density at radius 3 is 2.56 bits per heavy atom. The second-order valence-corrected chi connectivity index (χ2v) is 8.49. The Labute approximate surface area is 217 Å². The number of aromatic nitrogens is 5. The van der Waals surface area contributed by atoms with Crippen molar-refractivity contribution in [2.24, 2.45) is 0 Å². The van der Waals surface area contributed by atoms with Crippen LogP contribution >= 0.6 is 0 Å². The van der Waals surface area contributed by atoms with E-state index in [9.17, 15) is 26.7 Å². The van der Waals surface area contributed by atoms with Crippen molar-refractivity contribution in [2.75, 3.05) is 6.61 Å². The Kier molecular flexibility index (Phi) is 6.58. The number of rotatable bonds is 6. The minimum Gasteiger partial charge on any atom is -0.464 e. The van der Waals surface area contributed by atoms with Crippen molar-refractivity contribution in [3.63, 3.8) is 0 Å². The van der Waals surface area contributed by atoms with Crippen LogP contribution in [0.5, 0.6) is 0 Å². The highest BCUT2D eigenvalue weighted by Crippen LogP contribution is 2.38. The lowest BCUT2D eigenvalue weighted by Crippen LogP contribution is -2.24. The summed E-state index contributed by atoms with van der Waals surface area (Å²) in [7, 11) is 0. The molecule has 0 amide bonds. The van der Waals surface area contributed by atoms with Gasteiger partial charge in [-0.15, -0.1) is 0 Å². The Morgan fingerprint density at radius 1 is 1.05 bits per heavy atom. The van der Waals surface area contributed by atoms with Gasteiger partial charge in [0.2, 0.25) is 6.04 Å². The van der Waals surface area contributed by atoms with Gasteiger partial charge in [-0.2, -0.15) is 18.3 Å². The molecule has 200 valence electrons. The molecular weight excluding hydrogens is 525 g/mol. The van der Waals surface area contributed by atoms with E-state index in [0.717, 1.165) is 16.8 Å². The molecule has 2 aromatic carbocycles. The normalized spacial score (nSPS) is 12.6. The fourth-order valence-corrected chi connectivity index (χ4v) is 4.01. The van der Waals surface area contributed by atoms with Crippen LogP contribution in [0.3, 0.4) is 0 Å². The second-order valence-electron chi connectivity index (χ2n) is 8.49. The van der Waals surface area contributed by atoms with Gasteiger partial charge in [-0.05, 0) is 32.0 Å². The number of nitrogens with zero attached hydrogens (tertiary/aromatic N) is 5. The van der Waals surface area contributed by atoms with Crippen molar-refractivity contribution >= 4 is 5.97 Å². The van der Waals surface area contributed by atoms with E-state index in [4.69, 9.17) is 9.26 Å². The standard InChI is InChI=1S/C26H18F5N5O3/c1-3-38-25(37)23(21-10-18(35-39-21)14-8-7-13(2)9-16(14)26(29,30)31)36-12-20-19(11-32-36)33-24(34-20)15-5-4-6-17(27)22(15)28/h4-12,23H,3H2,1-2H3. The van der Waals surface area contributed by atoms with Crippen LogP contribution in [0.15, 0.2) is 59.4 Å². The largest absolute Gasteiger partial charge is 0.464 e. The van der Waals surface area contributed by atoms with Gasteiger partial charge in [0.1, 0.15) is 17.1 Å². The van der Waals surface area contributed by atoms with E-state index in [-0.39, 0.29) is 46.4 Å². The van der Waals surface area contributed by atoms with Gasteiger partial charge in [0.25, 0.3) is 0 Å². The van der Waals surface area contributed by atoms with Crippen LogP contribution in [0, 0.1) is 18.6 Å². The first-order valence-electron chi connectivity index (χ1n) is 11.5. The van der Waals surface area contributed by atoms with Crippen LogP contribution < -0.4 is 0 Å². The highest BCUT2D eigenvalue weighted by molar-refractivity contribution is 5.78. The Morgan fingerprint density at radius 2 is 1.82 bits per heavy atom. The number of hydrogen-bond acceptors (Lipinski definition) is 7. The lowest BCUT2D eigenvalue weighted by molar-refractivity contribution is -0.146. The molecule has 39 heavy (non-hydrogen) atoms. The third-order valence-corrected chi connectivity index (χ3v) is 5.80. The van der Waals surface area contributed by atoms with E-state index in [1.54, 1.807) is 6.92 Å². The molecule has 1 atom stereocenters. The summed E-state index contributed by atoms with van der Waals surface area (Å²) in [5.41, 5.74) is -0.658. The smallest absolute Gasteiger partial charge is 0.417 e. The monoisotopic (exact) mass is 543 g/mol. The van der Waals surface area contributed by atoms with Gasteiger partial charge < -0.3 is 9.26 Å². The van der Waals surface area contributed by atoms with Crippen molar-refractivity contribution in [3.05, 3.63) is 83.4 Å². The lowest BCUT2D eigenvalue weighted by atomic mass is 10.0. The first-order valence-corrected chi connectivity index (χ1v) is 11.5. The number of benzene rings is 2. The number of halogens is 5. The topological polar surface area (TPSA) is 95.9 Å². The summed E-state index contributed by atoms with van der Waals surface area (Å²) in [5.74, 6) is -3.27. The van der Waals surface area contributed by atoms with Gasteiger partial charge in [-0.25, -0.2) is 28.2 Å². The summed E-state index contributed by atoms with van der Waals surface area (Å²) < 4.78 is 80.6. The summed E-state index contributed by atoms with van der Waals surface area (Å²) in [6.07, 6.45) is -2.11. The van der Waals surface area contributed by atoms with E-state index in [0.29, 0.717) is 5.56 Å². The minimum atomic E-state index is -4.66. The average Bonchev–Trinajstić information content (AvgIpc) is 3.53. The number of alkyl halides is 3. The molecular formula is C26H18F5N5O3. The third-order valence-electron chi connectivity index (χ3n) is 5.80. The number of imidazole rings is 1. The van der Waals surface area contributed by atoms with Crippen LogP contribution in [0.4, 0.5) is 22.0 Å². The van der Waals surface area contributed by atoms with Gasteiger partial charge in [0.05, 0.1) is 30.1 Å². The Bertz CT molecular complexity index is 1650. The fraction of sp³-hybridized carbons (Fsp3) is 0.192. The first kappa shape index (κ1) is 25.9. The molecule has 0 saturated heterocycles. The van der Waals surface area contributed by atoms with Gasteiger partial charge in [-0.1, -0.05) is 28.9 Å². The maximum Gasteiger partial charge on any atom is 0.417 e. The molecule has 0 radical (unpaired) electrons. The SMILES string of the molecule is CCOC(=O)C(c1cc(-c2ccc(C)cc2C(F)(F)F)no1)n1cc2nc(-c3cccc(F)c3F)nc-2cn1. The zero-order valence-electron chi connectivity index (χ0n) is 20.3. The average molecular weight is 543 g/mol. The molecule has 3 heterocycles. The molecule has 0 bridgehead atoms. The van der Waals surface area contributed by atoms with Gasteiger partial charge >= 0.3 is 12.1 Å². The van der Waals surface area contributed by atoms with Crippen molar-refractivity contribution in [1.29, 1.82) is 0 Å². The van der Waals surface area contributed by atoms with Gasteiger partial charge in [-0.3, -0.25) is 0 Å². The number of ether oxygens (including phenoxy) is 1. The van der Waals surface area contributed by atoms with Crippen molar-refractivity contribution < 1.29 is 36.0 Å². The summed E-state index contributed by atoms with van der Waals surface area (Å²) in [5, 5.41) is 7.94. The van der Waals surface area contributed by atoms with E-state index < -0.39 is 35.4 Å². The van der Waals surface area contributed by atoms with Crippen molar-refractivity contribution in [2.45, 2.75) is 26.1 Å². The van der Waals surface area contributed by atoms with Gasteiger partial charge in [0, 0.05) is 11.6 Å². The molecule has 1 unspecified atom stereocenters. The molecule has 0 aliphatic carbocycles. The number of esters is 1. The molecule has 3 aromatic rings. The minimum absolute atomic E-state index is 0.00546. The number of aryl methyl sites for hydroxylation is 1. The number of carbonyl (C=O) groups excluding carboxylic acids is 1. The predicted molar refractivity (Wildman–Crippen MR) is 126 cm³/mol. The Balaban J connectivity index is 1.57. The van der Waals surface area contributed by atoms with Crippen molar-refractivity contribution in [3.8, 4) is 34.0 Å². The molecule has 8 nitrogen and oxygen atoms in total. The van der Waals surface area contributed by atoms with Crippen LogP contribution in [-0.2, 0) is 15.7 Å². The van der Waals surface area contributed by atoms with E-state index >= 15 is 0 Å². The number of hydrogen-bond donors (Lipinski definition) is 0. The molecule has 0 spiro atoms. The summed E-state index contributed by atoms with van der Waals surface area (Å²) in [6.45, 7) is 3.10. The number of fused-ring (bicyclic) bond motifs is 1. The molecule has 13 heteroatoms. The maximum atomic E-state index is 14.3. The molecule has 0 fully saturated rings. The first-order chi connectivity index (χ1) is 18.6. The van der Waals surface area contributed by atoms with Crippen LogP contribution in [0.2, 0.25) is 0 Å². The molecule has 2 aliphatic rings. The van der Waals surface area contributed by atoms with Gasteiger partial charge in [0.15, 0.2) is 23.2 Å². The van der Waals surface area contributed by atoms with Crippen LogP contribution in [0.1, 0.15) is 29.9 Å². The van der Waals surface area contributed by atoms with E-state index in [1.165, 1.54) is 49.6 Å². The van der Waals surface area contributed by atoms with Crippen molar-refractivity contribution in [1.82, 2.24) is 24.9 Å². The third kappa shape index (κ3) is 4.94. The number of carbonyl (C=O) groups is 1. The summed E-state index contributed by atoms with van der Waals surface area (Å²) >= 11 is 0. The zero-order valence-corrected chi connectivity index (χ0v) is 20.3. The molecule has 1 aromatic heterocycles. The predicted octanol–water partition coefficient (Wildman–Crippen LogP) is 5.86. The fourth-order valence-electron chi connectivity index (χ4n) is 4.01. The highest BCUT2D eigenvalue weighted by Gasteiger charge is 2.36. The van der Waals surface area contributed by atoms with E-state index in [1.807, 2.05) is 0 Å². The van der Waals surface area contributed by atoms with Crippen LogP contribution in [-0.4, -0.2) is 37.5 Å². The maximum absolute atomic E-state index is 14.3. The second kappa shape index (κ2) is 9.89. The summed E-state index contributed by atoms with van der Waals surface area (Å²) in [4.78, 5) is 21.3. The Hall–Kier alpha value is -4.68. The molecule has 2 aliphatic heterocycles. The quantitative estimate of drug-likeness (QED) is 0.196. The molecule has 0 N–H and O–H groups in total.